The molecule has 3 unspecified atom stereocenters. The lowest BCUT2D eigenvalue weighted by Crippen LogP contribution is -2.32. The molecule has 0 aliphatic heterocycles. The molecule has 106 valence electrons. The monoisotopic (exact) mass is 266 g/mol. The van der Waals surface area contributed by atoms with Gasteiger partial charge in [0.05, 0.1) is 0 Å². The van der Waals surface area contributed by atoms with Crippen LogP contribution in [-0.2, 0) is 19.3 Å². The van der Waals surface area contributed by atoms with Gasteiger partial charge in [-0.25, -0.2) is 0 Å². The van der Waals surface area contributed by atoms with Gasteiger partial charge in [-0.3, -0.25) is 0 Å². The molecule has 4 rings (SSSR count). The summed E-state index contributed by atoms with van der Waals surface area (Å²) in [6.07, 6.45) is 15.9. The second-order valence-corrected chi connectivity index (χ2v) is 7.44. The molecule has 1 fully saturated rings. The Balaban J connectivity index is 1.57. The molecule has 0 aromatic heterocycles. The smallest absolute Gasteiger partial charge is 0.0168 e. The van der Waals surface area contributed by atoms with E-state index in [1.807, 2.05) is 0 Å². The fraction of sp³-hybridized carbons (Fsp3) is 0.600. The molecule has 20 heavy (non-hydrogen) atoms. The topological polar surface area (TPSA) is 0 Å². The second-order valence-electron chi connectivity index (χ2n) is 7.44. The van der Waals surface area contributed by atoms with Crippen molar-refractivity contribution in [3.8, 4) is 0 Å². The van der Waals surface area contributed by atoms with Crippen LogP contribution in [0, 0.1) is 17.3 Å². The van der Waals surface area contributed by atoms with Gasteiger partial charge in [-0.05, 0) is 78.9 Å². The van der Waals surface area contributed by atoms with Crippen LogP contribution in [0.5, 0.6) is 0 Å². The fourth-order valence-electron chi connectivity index (χ4n) is 5.02. The van der Waals surface area contributed by atoms with Gasteiger partial charge in [0.2, 0.25) is 0 Å². The predicted molar refractivity (Wildman–Crippen MR) is 84.9 cm³/mol. The molecule has 0 radical (unpaired) electrons. The minimum atomic E-state index is 0.636. The zero-order chi connectivity index (χ0) is 13.6. The number of benzene rings is 1. The van der Waals surface area contributed by atoms with Gasteiger partial charge in [0.1, 0.15) is 0 Å². The lowest BCUT2D eigenvalue weighted by Gasteiger charge is -2.40. The summed E-state index contributed by atoms with van der Waals surface area (Å²) in [5, 5.41) is 0. The maximum atomic E-state index is 2.54. The largest absolute Gasteiger partial charge is 0.0851 e. The average Bonchev–Trinajstić information content (AvgIpc) is 3.06. The van der Waals surface area contributed by atoms with E-state index in [1.165, 1.54) is 51.4 Å². The lowest BCUT2D eigenvalue weighted by molar-refractivity contribution is 0.195. The Hall–Kier alpha value is -1.04. The Morgan fingerprint density at radius 3 is 2.90 bits per heavy atom. The number of unbranched alkanes of at least 4 members (excludes halogenated alkanes) is 1. The van der Waals surface area contributed by atoms with E-state index in [2.05, 4.69) is 37.3 Å². The van der Waals surface area contributed by atoms with Crippen molar-refractivity contribution in [3.05, 3.63) is 47.0 Å². The van der Waals surface area contributed by atoms with Crippen LogP contribution in [0.25, 0.3) is 0 Å². The Morgan fingerprint density at radius 2 is 2.15 bits per heavy atom. The van der Waals surface area contributed by atoms with Crippen LogP contribution in [0.1, 0.15) is 55.7 Å². The van der Waals surface area contributed by atoms with Crippen molar-refractivity contribution in [1.29, 1.82) is 0 Å². The molecular formula is C20H26. The highest BCUT2D eigenvalue weighted by atomic mass is 14.5. The van der Waals surface area contributed by atoms with Gasteiger partial charge in [0.15, 0.2) is 0 Å². The molecule has 2 bridgehead atoms. The molecule has 0 heteroatoms. The molecule has 1 aromatic rings. The molecule has 3 aliphatic rings. The molecular weight excluding hydrogens is 240 g/mol. The predicted octanol–water partition coefficient (Wildman–Crippen LogP) is 5.10. The van der Waals surface area contributed by atoms with Crippen molar-refractivity contribution in [2.24, 2.45) is 17.3 Å². The molecule has 0 heterocycles. The molecule has 3 aliphatic carbocycles. The summed E-state index contributed by atoms with van der Waals surface area (Å²) in [7, 11) is 0. The Bertz CT molecular complexity index is 539. The summed E-state index contributed by atoms with van der Waals surface area (Å²) in [6, 6.07) is 7.37. The van der Waals surface area contributed by atoms with Crippen LogP contribution in [0.2, 0.25) is 0 Å². The van der Waals surface area contributed by atoms with Crippen LogP contribution in [0.4, 0.5) is 0 Å². The zero-order valence-electron chi connectivity index (χ0n) is 12.7. The van der Waals surface area contributed by atoms with Crippen molar-refractivity contribution in [2.45, 2.75) is 58.3 Å². The molecule has 0 amide bonds. The highest BCUT2D eigenvalue weighted by Gasteiger charge is 2.49. The third kappa shape index (κ3) is 1.96. The van der Waals surface area contributed by atoms with Gasteiger partial charge in [0, 0.05) is 0 Å². The quantitative estimate of drug-likeness (QED) is 0.668. The Kier molecular flexibility index (Phi) is 3.02. The van der Waals surface area contributed by atoms with Crippen molar-refractivity contribution in [1.82, 2.24) is 0 Å². The highest BCUT2D eigenvalue weighted by molar-refractivity contribution is 5.37. The standard InChI is InChI=1S/C20H26/c1-2-3-4-15-5-7-18-14-20(10-9-17(18)11-15)13-16-6-8-19(20)12-16/h5-8,11,16,19H,2-4,9-10,12-14H2,1H3. The van der Waals surface area contributed by atoms with Gasteiger partial charge in [-0.15, -0.1) is 0 Å². The van der Waals surface area contributed by atoms with Gasteiger partial charge >= 0.3 is 0 Å². The third-order valence-corrected chi connectivity index (χ3v) is 6.15. The zero-order valence-corrected chi connectivity index (χ0v) is 12.7. The number of hydrogen-bond donors (Lipinski definition) is 0. The SMILES string of the molecule is CCCCc1ccc2c(c1)CCC1(C2)CC2C=CC1C2. The summed E-state index contributed by atoms with van der Waals surface area (Å²) in [5.41, 5.74) is 5.53. The first-order valence-corrected chi connectivity index (χ1v) is 8.58. The van der Waals surface area contributed by atoms with Gasteiger partial charge < -0.3 is 0 Å². The van der Waals surface area contributed by atoms with Gasteiger partial charge in [-0.1, -0.05) is 43.7 Å². The van der Waals surface area contributed by atoms with Crippen molar-refractivity contribution < 1.29 is 0 Å². The number of fused-ring (bicyclic) bond motifs is 4. The van der Waals surface area contributed by atoms with E-state index in [4.69, 9.17) is 0 Å². The fourth-order valence-corrected chi connectivity index (χ4v) is 5.02. The number of rotatable bonds is 3. The van der Waals surface area contributed by atoms with E-state index in [-0.39, 0.29) is 0 Å². The van der Waals surface area contributed by atoms with Crippen LogP contribution in [-0.4, -0.2) is 0 Å². The van der Waals surface area contributed by atoms with Crippen molar-refractivity contribution in [2.75, 3.05) is 0 Å². The van der Waals surface area contributed by atoms with Crippen LogP contribution in [0.3, 0.4) is 0 Å². The van der Waals surface area contributed by atoms with Crippen molar-refractivity contribution >= 4 is 0 Å². The molecule has 1 aromatic carbocycles. The Labute approximate surface area is 123 Å². The van der Waals surface area contributed by atoms with Crippen molar-refractivity contribution in [3.63, 3.8) is 0 Å². The van der Waals surface area contributed by atoms with Gasteiger partial charge in [-0.2, -0.15) is 0 Å². The van der Waals surface area contributed by atoms with E-state index in [1.54, 1.807) is 16.7 Å². The molecule has 0 saturated heterocycles. The Morgan fingerprint density at radius 1 is 1.20 bits per heavy atom. The summed E-state index contributed by atoms with van der Waals surface area (Å²) in [6.45, 7) is 2.28. The van der Waals surface area contributed by atoms with E-state index in [0.717, 1.165) is 11.8 Å². The van der Waals surface area contributed by atoms with E-state index >= 15 is 0 Å². The minimum Gasteiger partial charge on any atom is -0.0851 e. The van der Waals surface area contributed by atoms with Crippen LogP contribution in [0.15, 0.2) is 30.4 Å². The number of hydrogen-bond acceptors (Lipinski definition) is 0. The molecule has 1 saturated carbocycles. The molecule has 0 nitrogen and oxygen atoms in total. The van der Waals surface area contributed by atoms with E-state index < -0.39 is 0 Å². The van der Waals surface area contributed by atoms with E-state index in [9.17, 15) is 0 Å². The highest BCUT2D eigenvalue weighted by Crippen LogP contribution is 2.57. The normalized spacial score (nSPS) is 33.9. The summed E-state index contributed by atoms with van der Waals surface area (Å²) >= 11 is 0. The lowest BCUT2D eigenvalue weighted by atomic mass is 9.64. The number of allylic oxidation sites excluding steroid dienone is 2. The average molecular weight is 266 g/mol. The number of aryl methyl sites for hydroxylation is 2. The summed E-state index contributed by atoms with van der Waals surface area (Å²) in [5.74, 6) is 1.80. The molecule has 1 spiro atoms. The van der Waals surface area contributed by atoms with Gasteiger partial charge in [0.25, 0.3) is 0 Å². The maximum absolute atomic E-state index is 2.54. The molecule has 0 N–H and O–H groups in total. The third-order valence-electron chi connectivity index (χ3n) is 6.15. The van der Waals surface area contributed by atoms with E-state index in [0.29, 0.717) is 5.41 Å². The molecule has 3 atom stereocenters. The maximum Gasteiger partial charge on any atom is -0.0168 e. The first-order chi connectivity index (χ1) is 9.79. The second kappa shape index (κ2) is 4.76. The van der Waals surface area contributed by atoms with Crippen LogP contribution < -0.4 is 0 Å². The summed E-state index contributed by atoms with van der Waals surface area (Å²) < 4.78 is 0. The first-order valence-electron chi connectivity index (χ1n) is 8.58. The summed E-state index contributed by atoms with van der Waals surface area (Å²) in [4.78, 5) is 0. The minimum absolute atomic E-state index is 0.636. The van der Waals surface area contributed by atoms with Crippen LogP contribution >= 0.6 is 0 Å². The first kappa shape index (κ1) is 12.7.